The Kier molecular flexibility index (Phi) is 39.9. The van der Waals surface area contributed by atoms with E-state index in [0.717, 1.165) is 14.2 Å². The van der Waals surface area contributed by atoms with Gasteiger partial charge in [-0.25, -0.2) is 8.37 Å². The first-order valence-corrected chi connectivity index (χ1v) is 9.58. The van der Waals surface area contributed by atoms with E-state index in [4.69, 9.17) is 18.2 Å². The topological polar surface area (TPSA) is 118 Å². The molecule has 0 aromatic heterocycles. The highest BCUT2D eigenvalue weighted by molar-refractivity contribution is 8.16. The van der Waals surface area contributed by atoms with Gasteiger partial charge in [0.05, 0.1) is 14.2 Å². The van der Waals surface area contributed by atoms with Crippen LogP contribution in [-0.2, 0) is 16.7 Å². The molecular formula is C11H36O8S2. The predicted octanol–water partition coefficient (Wildman–Crippen LogP) is 5.54. The van der Waals surface area contributed by atoms with Crippen molar-refractivity contribution in [2.75, 3.05) is 21.0 Å². The summed E-state index contributed by atoms with van der Waals surface area (Å²) in [5, 5.41) is 0. The summed E-state index contributed by atoms with van der Waals surface area (Å²) in [5.41, 5.74) is 0. The Morgan fingerprint density at radius 3 is 0.952 bits per heavy atom. The number of hydrogen-bond donors (Lipinski definition) is 4. The summed E-state index contributed by atoms with van der Waals surface area (Å²) >= 11 is -6.14. The van der Waals surface area contributed by atoms with Gasteiger partial charge in [-0.15, -0.1) is 0 Å². The predicted molar refractivity (Wildman–Crippen MR) is 92.1 cm³/mol. The minimum Gasteiger partial charge on any atom is -0.287 e. The fourth-order valence-corrected chi connectivity index (χ4v) is 0.607. The third kappa shape index (κ3) is 33.3. The van der Waals surface area contributed by atoms with E-state index in [1.807, 2.05) is 55.4 Å². The van der Waals surface area contributed by atoms with Gasteiger partial charge in [-0.1, -0.05) is 55.4 Å². The molecule has 10 heteroatoms. The van der Waals surface area contributed by atoms with Crippen molar-refractivity contribution in [2.24, 2.45) is 0 Å². The molecule has 1 aliphatic heterocycles. The lowest BCUT2D eigenvalue weighted by Crippen LogP contribution is -2.19. The Morgan fingerprint density at radius 2 is 0.952 bits per heavy atom. The molecule has 140 valence electrons. The largest absolute Gasteiger partial charge is 0.287 e. The third-order valence-electron chi connectivity index (χ3n) is 0.837. The molecule has 0 amide bonds. The molecule has 0 aliphatic carbocycles. The molecule has 0 unspecified atom stereocenters. The van der Waals surface area contributed by atoms with E-state index in [9.17, 15) is 0 Å². The van der Waals surface area contributed by atoms with E-state index in [1.165, 1.54) is 0 Å². The first-order valence-electron chi connectivity index (χ1n) is 6.79. The molecule has 8 nitrogen and oxygen atoms in total. The van der Waals surface area contributed by atoms with Gasteiger partial charge in [0.1, 0.15) is 0 Å². The van der Waals surface area contributed by atoms with Crippen LogP contribution in [0.1, 0.15) is 55.4 Å². The highest BCUT2D eigenvalue weighted by Crippen LogP contribution is 2.48. The first kappa shape index (κ1) is 33.1. The van der Waals surface area contributed by atoms with E-state index in [2.05, 4.69) is 16.7 Å². The van der Waals surface area contributed by atoms with E-state index in [1.54, 1.807) is 0 Å². The van der Waals surface area contributed by atoms with Crippen molar-refractivity contribution < 1.29 is 34.9 Å². The summed E-state index contributed by atoms with van der Waals surface area (Å²) in [6.45, 7) is 16.0. The lowest BCUT2D eigenvalue weighted by Gasteiger charge is -2.32. The van der Waals surface area contributed by atoms with Gasteiger partial charge >= 0.3 is 0 Å². The molecular weight excluding hydrogens is 324 g/mol. The fraction of sp³-hybridized carbons (Fsp3) is 1.00. The van der Waals surface area contributed by atoms with Crippen LogP contribution in [0.15, 0.2) is 0 Å². The average Bonchev–Trinajstić information content (AvgIpc) is 2.54. The Balaban J connectivity index is -0.0000000554. The molecule has 0 atom stereocenters. The van der Waals surface area contributed by atoms with Crippen LogP contribution in [0.2, 0.25) is 0 Å². The molecule has 1 fully saturated rings. The molecule has 4 N–H and O–H groups in total. The Bertz CT molecular complexity index is 147. The van der Waals surface area contributed by atoms with Gasteiger partial charge in [-0.3, -0.25) is 26.6 Å². The molecule has 0 spiro atoms. The van der Waals surface area contributed by atoms with E-state index >= 15 is 0 Å². The standard InChI is InChI=1S/C2H8O4S.4C2H6.CH4O4S/c1-5-7(3,4)6-2;4*1-2;2-6(3)4-1-5-6/h3-4H,1-2H3;4*1-2H3;2-3H,1H2. The molecule has 0 radical (unpaired) electrons. The van der Waals surface area contributed by atoms with Crippen molar-refractivity contribution in [3.8, 4) is 0 Å². The van der Waals surface area contributed by atoms with Crippen molar-refractivity contribution in [1.29, 1.82) is 0 Å². The van der Waals surface area contributed by atoms with Gasteiger partial charge in [0.15, 0.2) is 6.79 Å². The Morgan fingerprint density at radius 1 is 0.762 bits per heavy atom. The van der Waals surface area contributed by atoms with Crippen molar-refractivity contribution in [1.82, 2.24) is 0 Å². The van der Waals surface area contributed by atoms with Crippen LogP contribution in [0.25, 0.3) is 0 Å². The molecule has 21 heavy (non-hydrogen) atoms. The summed E-state index contributed by atoms with van der Waals surface area (Å²) in [7, 11) is 2.30. The van der Waals surface area contributed by atoms with Crippen molar-refractivity contribution in [2.45, 2.75) is 55.4 Å². The molecule has 0 aromatic carbocycles. The van der Waals surface area contributed by atoms with Gasteiger partial charge in [0.25, 0.3) is 0 Å². The van der Waals surface area contributed by atoms with Crippen molar-refractivity contribution in [3.63, 3.8) is 0 Å². The van der Waals surface area contributed by atoms with Gasteiger partial charge in [0, 0.05) is 0 Å². The summed E-state index contributed by atoms with van der Waals surface area (Å²) in [6, 6.07) is 0. The summed E-state index contributed by atoms with van der Waals surface area (Å²) in [6.07, 6.45) is 0. The Labute approximate surface area is 134 Å². The van der Waals surface area contributed by atoms with Crippen LogP contribution >= 0.6 is 22.3 Å². The first-order chi connectivity index (χ1) is 9.83. The second kappa shape index (κ2) is 25.3. The van der Waals surface area contributed by atoms with E-state index in [0.29, 0.717) is 0 Å². The summed E-state index contributed by atoms with van der Waals surface area (Å²) < 4.78 is 49.2. The lowest BCUT2D eigenvalue weighted by molar-refractivity contribution is -0.0169. The maximum Gasteiger partial charge on any atom is 0.223 e. The van der Waals surface area contributed by atoms with Gasteiger partial charge < -0.3 is 0 Å². The average molecular weight is 361 g/mol. The third-order valence-corrected chi connectivity index (χ3v) is 2.51. The lowest BCUT2D eigenvalue weighted by atomic mass is 11.0. The van der Waals surface area contributed by atoms with Crippen LogP contribution in [0, 0.1) is 0 Å². The van der Waals surface area contributed by atoms with Gasteiger partial charge in [-0.2, -0.15) is 0 Å². The van der Waals surface area contributed by atoms with Gasteiger partial charge in [0.2, 0.25) is 22.3 Å². The molecule has 1 saturated heterocycles. The van der Waals surface area contributed by atoms with Crippen LogP contribution in [0.4, 0.5) is 0 Å². The monoisotopic (exact) mass is 360 g/mol. The molecule has 0 bridgehead atoms. The molecule has 0 aromatic rings. The summed E-state index contributed by atoms with van der Waals surface area (Å²) in [5.74, 6) is 0. The van der Waals surface area contributed by atoms with Crippen LogP contribution in [0.5, 0.6) is 0 Å². The zero-order valence-corrected chi connectivity index (χ0v) is 16.6. The molecule has 1 heterocycles. The SMILES string of the molecule is CC.CC.CC.CC.COS(O)(O)OC.OS1(O)OCO1. The molecule has 1 rings (SSSR count). The number of hydrogen-bond acceptors (Lipinski definition) is 8. The maximum absolute atomic E-state index is 8.33. The zero-order chi connectivity index (χ0) is 18.5. The van der Waals surface area contributed by atoms with E-state index < -0.39 is 22.3 Å². The molecule has 0 saturated carbocycles. The fourth-order valence-electron chi connectivity index (χ4n) is 0.202. The minimum atomic E-state index is -3.16. The second-order valence-electron chi connectivity index (χ2n) is 1.58. The van der Waals surface area contributed by atoms with Crippen molar-refractivity contribution >= 4 is 22.3 Å². The van der Waals surface area contributed by atoms with Crippen LogP contribution in [-0.4, -0.2) is 39.2 Å². The minimum absolute atomic E-state index is 0.00231. The van der Waals surface area contributed by atoms with Crippen LogP contribution in [0.3, 0.4) is 0 Å². The maximum atomic E-state index is 8.33. The second-order valence-corrected chi connectivity index (χ2v) is 4.51. The highest BCUT2D eigenvalue weighted by atomic mass is 32.3. The Hall–Kier alpha value is 0.380. The van der Waals surface area contributed by atoms with Crippen LogP contribution < -0.4 is 0 Å². The quantitative estimate of drug-likeness (QED) is 0.507. The number of rotatable bonds is 2. The van der Waals surface area contributed by atoms with E-state index in [-0.39, 0.29) is 6.79 Å². The molecule has 1 aliphatic rings. The van der Waals surface area contributed by atoms with Crippen molar-refractivity contribution in [3.05, 3.63) is 0 Å². The normalized spacial score (nSPS) is 15.7. The van der Waals surface area contributed by atoms with Gasteiger partial charge in [-0.05, 0) is 0 Å². The zero-order valence-electron chi connectivity index (χ0n) is 14.9. The summed E-state index contributed by atoms with van der Waals surface area (Å²) in [4.78, 5) is 0. The smallest absolute Gasteiger partial charge is 0.223 e. The highest BCUT2D eigenvalue weighted by Gasteiger charge is 2.28.